The van der Waals surface area contributed by atoms with E-state index in [0.717, 1.165) is 23.4 Å². The predicted molar refractivity (Wildman–Crippen MR) is 93.2 cm³/mol. The molecule has 0 saturated heterocycles. The number of hydrogen-bond donors (Lipinski definition) is 2. The molecule has 24 heavy (non-hydrogen) atoms. The van der Waals surface area contributed by atoms with Gasteiger partial charge in [0.2, 0.25) is 11.8 Å². The van der Waals surface area contributed by atoms with Crippen molar-refractivity contribution in [2.75, 3.05) is 17.7 Å². The molecule has 2 unspecified atom stereocenters. The number of anilines is 2. The van der Waals surface area contributed by atoms with Crippen LogP contribution in [-0.4, -0.2) is 18.9 Å². The first-order chi connectivity index (χ1) is 11.6. The standard InChI is InChI=1S/C19H20N2O3/c1-12(22)20-14-5-7-15(8-6-14)21-19(23)18-11-17(18)13-3-9-16(24-2)10-4-13/h3-10,17-18H,11H2,1-2H3,(H,20,22)(H,21,23). The molecule has 0 aliphatic heterocycles. The van der Waals surface area contributed by atoms with Crippen LogP contribution >= 0.6 is 0 Å². The fourth-order valence-electron chi connectivity index (χ4n) is 2.78. The number of rotatable bonds is 5. The van der Waals surface area contributed by atoms with Gasteiger partial charge in [0, 0.05) is 24.2 Å². The number of nitrogens with one attached hydrogen (secondary N) is 2. The van der Waals surface area contributed by atoms with Crippen LogP contribution in [0.3, 0.4) is 0 Å². The fraction of sp³-hybridized carbons (Fsp3) is 0.263. The minimum absolute atomic E-state index is 0.00779. The monoisotopic (exact) mass is 324 g/mol. The summed E-state index contributed by atoms with van der Waals surface area (Å²) in [5, 5.41) is 5.63. The van der Waals surface area contributed by atoms with E-state index in [9.17, 15) is 9.59 Å². The van der Waals surface area contributed by atoms with Crippen molar-refractivity contribution in [2.45, 2.75) is 19.3 Å². The summed E-state index contributed by atoms with van der Waals surface area (Å²) in [5.74, 6) is 1.01. The zero-order valence-electron chi connectivity index (χ0n) is 13.7. The van der Waals surface area contributed by atoms with Crippen LogP contribution in [0.15, 0.2) is 48.5 Å². The van der Waals surface area contributed by atoms with Crippen molar-refractivity contribution >= 4 is 23.2 Å². The minimum Gasteiger partial charge on any atom is -0.497 e. The lowest BCUT2D eigenvalue weighted by Crippen LogP contribution is -2.14. The fourth-order valence-corrected chi connectivity index (χ4v) is 2.78. The number of hydrogen-bond acceptors (Lipinski definition) is 3. The summed E-state index contributed by atoms with van der Waals surface area (Å²) in [6.45, 7) is 1.46. The van der Waals surface area contributed by atoms with E-state index < -0.39 is 0 Å². The summed E-state index contributed by atoms with van der Waals surface area (Å²) in [6, 6.07) is 15.0. The maximum Gasteiger partial charge on any atom is 0.228 e. The Morgan fingerprint density at radius 1 is 0.958 bits per heavy atom. The van der Waals surface area contributed by atoms with Gasteiger partial charge in [0.15, 0.2) is 0 Å². The smallest absolute Gasteiger partial charge is 0.228 e. The Balaban J connectivity index is 1.57. The van der Waals surface area contributed by atoms with E-state index in [2.05, 4.69) is 10.6 Å². The third-order valence-corrected chi connectivity index (χ3v) is 4.14. The molecule has 1 aliphatic carbocycles. The number of carbonyl (C=O) groups is 2. The SMILES string of the molecule is COc1ccc(C2CC2C(=O)Nc2ccc(NC(C)=O)cc2)cc1. The molecule has 0 heterocycles. The second kappa shape index (κ2) is 6.74. The summed E-state index contributed by atoms with van der Waals surface area (Å²) in [5.41, 5.74) is 2.61. The van der Waals surface area contributed by atoms with Crippen LogP contribution in [0.1, 0.15) is 24.8 Å². The molecule has 124 valence electrons. The molecule has 0 bridgehead atoms. The van der Waals surface area contributed by atoms with E-state index in [1.54, 1.807) is 31.4 Å². The van der Waals surface area contributed by atoms with Crippen molar-refractivity contribution in [3.8, 4) is 5.75 Å². The molecule has 2 aromatic rings. The van der Waals surface area contributed by atoms with Gasteiger partial charge < -0.3 is 15.4 Å². The Hall–Kier alpha value is -2.82. The van der Waals surface area contributed by atoms with Crippen LogP contribution in [0.25, 0.3) is 0 Å². The molecule has 5 heteroatoms. The normalized spacial score (nSPS) is 18.6. The lowest BCUT2D eigenvalue weighted by Gasteiger charge is -2.07. The van der Waals surface area contributed by atoms with E-state index in [1.807, 2.05) is 24.3 Å². The average Bonchev–Trinajstić information content (AvgIpc) is 3.37. The van der Waals surface area contributed by atoms with Crippen LogP contribution in [0.4, 0.5) is 11.4 Å². The van der Waals surface area contributed by atoms with E-state index in [4.69, 9.17) is 4.74 Å². The molecule has 2 N–H and O–H groups in total. The third-order valence-electron chi connectivity index (χ3n) is 4.14. The Kier molecular flexibility index (Phi) is 4.51. The number of ether oxygens (including phenoxy) is 1. The third kappa shape index (κ3) is 3.74. The summed E-state index contributed by atoms with van der Waals surface area (Å²) in [7, 11) is 1.64. The molecule has 2 aromatic carbocycles. The molecule has 2 amide bonds. The van der Waals surface area contributed by atoms with E-state index >= 15 is 0 Å². The molecule has 2 atom stereocenters. The zero-order valence-corrected chi connectivity index (χ0v) is 13.7. The molecule has 1 saturated carbocycles. The topological polar surface area (TPSA) is 67.4 Å². The van der Waals surface area contributed by atoms with Gasteiger partial charge in [-0.2, -0.15) is 0 Å². The first-order valence-electron chi connectivity index (χ1n) is 7.89. The molecule has 1 fully saturated rings. The Bertz CT molecular complexity index is 738. The molecule has 1 aliphatic rings. The number of carbonyl (C=O) groups excluding carboxylic acids is 2. The highest BCUT2D eigenvalue weighted by molar-refractivity contribution is 5.95. The van der Waals surface area contributed by atoms with Gasteiger partial charge in [-0.15, -0.1) is 0 Å². The largest absolute Gasteiger partial charge is 0.497 e. The first-order valence-corrected chi connectivity index (χ1v) is 7.89. The lowest BCUT2D eigenvalue weighted by atomic mass is 10.1. The number of methoxy groups -OCH3 is 1. The van der Waals surface area contributed by atoms with Gasteiger partial charge in [0.05, 0.1) is 7.11 Å². The van der Waals surface area contributed by atoms with Crippen LogP contribution in [0.2, 0.25) is 0 Å². The van der Waals surface area contributed by atoms with Crippen LogP contribution in [0.5, 0.6) is 5.75 Å². The van der Waals surface area contributed by atoms with Gasteiger partial charge in [-0.05, 0) is 54.3 Å². The van der Waals surface area contributed by atoms with Crippen LogP contribution in [0, 0.1) is 5.92 Å². The Morgan fingerprint density at radius 2 is 1.54 bits per heavy atom. The molecule has 0 spiro atoms. The lowest BCUT2D eigenvalue weighted by molar-refractivity contribution is -0.117. The summed E-state index contributed by atoms with van der Waals surface area (Å²) in [6.07, 6.45) is 0.863. The minimum atomic E-state index is -0.118. The van der Waals surface area contributed by atoms with Gasteiger partial charge in [-0.3, -0.25) is 9.59 Å². The van der Waals surface area contributed by atoms with Crippen molar-refractivity contribution in [1.82, 2.24) is 0 Å². The average molecular weight is 324 g/mol. The zero-order chi connectivity index (χ0) is 17.1. The molecule has 0 aromatic heterocycles. The summed E-state index contributed by atoms with van der Waals surface area (Å²) in [4.78, 5) is 23.3. The van der Waals surface area contributed by atoms with Crippen molar-refractivity contribution in [3.05, 3.63) is 54.1 Å². The summed E-state index contributed by atoms with van der Waals surface area (Å²) >= 11 is 0. The van der Waals surface area contributed by atoms with Crippen LogP contribution < -0.4 is 15.4 Å². The van der Waals surface area contributed by atoms with E-state index in [-0.39, 0.29) is 23.7 Å². The van der Waals surface area contributed by atoms with Crippen molar-refractivity contribution in [1.29, 1.82) is 0 Å². The van der Waals surface area contributed by atoms with E-state index in [0.29, 0.717) is 5.69 Å². The van der Waals surface area contributed by atoms with Crippen molar-refractivity contribution in [2.24, 2.45) is 5.92 Å². The van der Waals surface area contributed by atoms with Crippen LogP contribution in [-0.2, 0) is 9.59 Å². The van der Waals surface area contributed by atoms with Gasteiger partial charge in [0.25, 0.3) is 0 Å². The van der Waals surface area contributed by atoms with E-state index in [1.165, 1.54) is 6.92 Å². The molecular weight excluding hydrogens is 304 g/mol. The molecular formula is C19H20N2O3. The quantitative estimate of drug-likeness (QED) is 0.886. The molecule has 0 radical (unpaired) electrons. The van der Waals surface area contributed by atoms with Gasteiger partial charge >= 0.3 is 0 Å². The number of amides is 2. The Labute approximate surface area is 141 Å². The second-order valence-corrected chi connectivity index (χ2v) is 5.97. The number of benzene rings is 2. The molecule has 3 rings (SSSR count). The van der Waals surface area contributed by atoms with Gasteiger partial charge in [0.1, 0.15) is 5.75 Å². The van der Waals surface area contributed by atoms with Crippen molar-refractivity contribution < 1.29 is 14.3 Å². The highest BCUT2D eigenvalue weighted by Gasteiger charge is 2.43. The highest BCUT2D eigenvalue weighted by Crippen LogP contribution is 2.48. The maximum absolute atomic E-state index is 12.3. The van der Waals surface area contributed by atoms with Gasteiger partial charge in [-0.1, -0.05) is 12.1 Å². The van der Waals surface area contributed by atoms with Crippen molar-refractivity contribution in [3.63, 3.8) is 0 Å². The second-order valence-electron chi connectivity index (χ2n) is 5.97. The maximum atomic E-state index is 12.3. The first kappa shape index (κ1) is 16.1. The predicted octanol–water partition coefficient (Wildman–Crippen LogP) is 3.40. The molecule has 5 nitrogen and oxygen atoms in total. The van der Waals surface area contributed by atoms with Gasteiger partial charge in [-0.25, -0.2) is 0 Å². The Morgan fingerprint density at radius 3 is 2.08 bits per heavy atom. The highest BCUT2D eigenvalue weighted by atomic mass is 16.5. The summed E-state index contributed by atoms with van der Waals surface area (Å²) < 4.78 is 5.15.